The first-order chi connectivity index (χ1) is 6.56. The molecule has 4 heteroatoms. The fourth-order valence-electron chi connectivity index (χ4n) is 1.46. The summed E-state index contributed by atoms with van der Waals surface area (Å²) in [5, 5.41) is 0. The van der Waals surface area contributed by atoms with E-state index < -0.39 is 23.2 Å². The molecule has 15 heavy (non-hydrogen) atoms. The number of halogens is 4. The van der Waals surface area contributed by atoms with Crippen molar-refractivity contribution >= 4 is 0 Å². The van der Waals surface area contributed by atoms with Crippen LogP contribution in [0.3, 0.4) is 0 Å². The molecule has 0 nitrogen and oxygen atoms in total. The van der Waals surface area contributed by atoms with Crippen molar-refractivity contribution in [3.63, 3.8) is 0 Å². The Labute approximate surface area is 89.1 Å². The van der Waals surface area contributed by atoms with Crippen molar-refractivity contribution < 1.29 is 17.6 Å². The largest absolute Gasteiger partial charge is 0.315 e. The Hall–Kier alpha value is -0.280. The second-order valence-electron chi connectivity index (χ2n) is 4.62. The van der Waals surface area contributed by atoms with E-state index in [2.05, 4.69) is 0 Å². The summed E-state index contributed by atoms with van der Waals surface area (Å²) in [7, 11) is 0. The fourth-order valence-corrected chi connectivity index (χ4v) is 1.46. The van der Waals surface area contributed by atoms with Crippen LogP contribution < -0.4 is 0 Å². The van der Waals surface area contributed by atoms with Crippen LogP contribution >= 0.6 is 0 Å². The highest BCUT2D eigenvalue weighted by atomic mass is 19.3. The first kappa shape index (κ1) is 14.7. The number of alkyl halides is 4. The lowest BCUT2D eigenvalue weighted by atomic mass is 9.73. The molecule has 0 bridgehead atoms. The summed E-state index contributed by atoms with van der Waals surface area (Å²) in [5.74, 6) is -9.27. The summed E-state index contributed by atoms with van der Waals surface area (Å²) in [6.07, 6.45) is 0.0810. The van der Waals surface area contributed by atoms with Crippen LogP contribution in [-0.4, -0.2) is 11.8 Å². The fraction of sp³-hybridized carbons (Fsp3) is 1.00. The van der Waals surface area contributed by atoms with Crippen molar-refractivity contribution in [2.45, 2.75) is 59.3 Å². The Morgan fingerprint density at radius 2 is 1.27 bits per heavy atom. The summed E-state index contributed by atoms with van der Waals surface area (Å²) < 4.78 is 54.4. The molecule has 0 radical (unpaired) electrons. The molecule has 0 heterocycles. The smallest absolute Gasteiger partial charge is 0.200 e. The van der Waals surface area contributed by atoms with Crippen molar-refractivity contribution in [2.24, 2.45) is 11.3 Å². The normalized spacial score (nSPS) is 14.8. The van der Waals surface area contributed by atoms with Gasteiger partial charge in [-0.05, 0) is 12.8 Å². The minimum Gasteiger partial charge on any atom is -0.200 e. The zero-order chi connectivity index (χ0) is 12.5. The Bertz CT molecular complexity index is 198. The lowest BCUT2D eigenvalue weighted by molar-refractivity contribution is -0.283. The third-order valence-electron chi connectivity index (χ3n) is 3.46. The maximum Gasteiger partial charge on any atom is 0.315 e. The highest BCUT2D eigenvalue weighted by Gasteiger charge is 2.66. The third-order valence-corrected chi connectivity index (χ3v) is 3.46. The predicted octanol–water partition coefficient (Wildman–Crippen LogP) is 4.74. The topological polar surface area (TPSA) is 0 Å². The van der Waals surface area contributed by atoms with Gasteiger partial charge in [-0.3, -0.25) is 0 Å². The van der Waals surface area contributed by atoms with Gasteiger partial charge in [0.25, 0.3) is 0 Å². The predicted molar refractivity (Wildman–Crippen MR) is 53.4 cm³/mol. The van der Waals surface area contributed by atoms with E-state index >= 15 is 0 Å². The molecule has 0 N–H and O–H groups in total. The minimum absolute atomic E-state index is 0.0405. The van der Waals surface area contributed by atoms with Crippen LogP contribution in [0.15, 0.2) is 0 Å². The molecule has 0 rings (SSSR count). The van der Waals surface area contributed by atoms with Crippen LogP contribution in [0.1, 0.15) is 47.5 Å². The van der Waals surface area contributed by atoms with Gasteiger partial charge in [0, 0.05) is 11.3 Å². The zero-order valence-corrected chi connectivity index (χ0v) is 10.0. The summed E-state index contributed by atoms with van der Waals surface area (Å²) >= 11 is 0. The van der Waals surface area contributed by atoms with E-state index in [1.54, 1.807) is 0 Å². The summed E-state index contributed by atoms with van der Waals surface area (Å²) in [6.45, 7) is 6.52. The molecule has 0 amide bonds. The first-order valence-electron chi connectivity index (χ1n) is 5.32. The maximum absolute atomic E-state index is 13.8. The second-order valence-corrected chi connectivity index (χ2v) is 4.62. The van der Waals surface area contributed by atoms with E-state index in [0.717, 1.165) is 13.8 Å². The van der Waals surface area contributed by atoms with Crippen LogP contribution in [0.5, 0.6) is 0 Å². The van der Waals surface area contributed by atoms with E-state index in [1.807, 2.05) is 0 Å². The van der Waals surface area contributed by atoms with Gasteiger partial charge in [0.1, 0.15) is 0 Å². The minimum atomic E-state index is -3.96. The van der Waals surface area contributed by atoms with E-state index in [1.165, 1.54) is 20.8 Å². The molecule has 0 aromatic rings. The average Bonchev–Trinajstić information content (AvgIpc) is 2.15. The van der Waals surface area contributed by atoms with Crippen molar-refractivity contribution in [3.8, 4) is 0 Å². The molecular formula is C11H20F4. The van der Waals surface area contributed by atoms with Crippen LogP contribution in [0.2, 0.25) is 0 Å². The number of rotatable bonds is 5. The van der Waals surface area contributed by atoms with Gasteiger partial charge in [0.05, 0.1) is 0 Å². The Morgan fingerprint density at radius 1 is 0.933 bits per heavy atom. The maximum atomic E-state index is 13.8. The average molecular weight is 228 g/mol. The summed E-state index contributed by atoms with van der Waals surface area (Å²) in [6, 6.07) is 0. The van der Waals surface area contributed by atoms with E-state index in [4.69, 9.17) is 0 Å². The van der Waals surface area contributed by atoms with Gasteiger partial charge in [-0.1, -0.05) is 34.6 Å². The zero-order valence-electron chi connectivity index (χ0n) is 10.0. The Balaban J connectivity index is 5.28. The van der Waals surface area contributed by atoms with Crippen molar-refractivity contribution in [2.75, 3.05) is 0 Å². The van der Waals surface area contributed by atoms with Crippen LogP contribution in [0.4, 0.5) is 17.6 Å². The van der Waals surface area contributed by atoms with Gasteiger partial charge in [0.15, 0.2) is 0 Å². The summed E-state index contributed by atoms with van der Waals surface area (Å²) in [4.78, 5) is 0. The van der Waals surface area contributed by atoms with Gasteiger partial charge in [0.2, 0.25) is 0 Å². The van der Waals surface area contributed by atoms with Gasteiger partial charge < -0.3 is 0 Å². The monoisotopic (exact) mass is 228 g/mol. The third kappa shape index (κ3) is 2.13. The number of hydrogen-bond donors (Lipinski definition) is 0. The SMILES string of the molecule is CCC(C)(CC)C(F)(F)C(F)(F)C(C)C. The standard InChI is InChI=1S/C11H20F4/c1-6-9(5,7-2)11(14,15)10(12,13)8(3)4/h8H,6-7H2,1-5H3. The quantitative estimate of drug-likeness (QED) is 0.596. The van der Waals surface area contributed by atoms with Crippen LogP contribution in [0, 0.1) is 11.3 Å². The molecule has 0 aliphatic heterocycles. The van der Waals surface area contributed by atoms with E-state index in [0.29, 0.717) is 0 Å². The highest BCUT2D eigenvalue weighted by molar-refractivity contribution is 4.98. The van der Waals surface area contributed by atoms with Crippen molar-refractivity contribution in [3.05, 3.63) is 0 Å². The molecule has 0 saturated heterocycles. The molecule has 0 aromatic heterocycles. The summed E-state index contributed by atoms with van der Waals surface area (Å²) in [5.41, 5.74) is -1.64. The molecule has 0 saturated carbocycles. The molecular weight excluding hydrogens is 208 g/mol. The molecule has 0 spiro atoms. The molecule has 0 unspecified atom stereocenters. The van der Waals surface area contributed by atoms with Gasteiger partial charge in [-0.25, -0.2) is 0 Å². The highest BCUT2D eigenvalue weighted by Crippen LogP contribution is 2.53. The van der Waals surface area contributed by atoms with Crippen LogP contribution in [-0.2, 0) is 0 Å². The molecule has 0 aliphatic rings. The molecule has 92 valence electrons. The van der Waals surface area contributed by atoms with Crippen molar-refractivity contribution in [1.82, 2.24) is 0 Å². The lowest BCUT2D eigenvalue weighted by Crippen LogP contribution is -2.54. The molecule has 0 fully saturated rings. The van der Waals surface area contributed by atoms with Gasteiger partial charge in [-0.15, -0.1) is 0 Å². The first-order valence-corrected chi connectivity index (χ1v) is 5.32. The van der Waals surface area contributed by atoms with Gasteiger partial charge in [-0.2, -0.15) is 17.6 Å². The van der Waals surface area contributed by atoms with Crippen LogP contribution in [0.25, 0.3) is 0 Å². The van der Waals surface area contributed by atoms with Gasteiger partial charge >= 0.3 is 11.8 Å². The van der Waals surface area contributed by atoms with Crippen molar-refractivity contribution in [1.29, 1.82) is 0 Å². The Kier molecular flexibility index (Phi) is 4.22. The molecule has 0 aliphatic carbocycles. The molecule has 0 aromatic carbocycles. The molecule has 0 atom stereocenters. The Morgan fingerprint density at radius 3 is 1.47 bits per heavy atom. The van der Waals surface area contributed by atoms with E-state index in [-0.39, 0.29) is 12.8 Å². The number of hydrogen-bond acceptors (Lipinski definition) is 0. The second kappa shape index (κ2) is 4.30. The van der Waals surface area contributed by atoms with E-state index in [9.17, 15) is 17.6 Å². The lowest BCUT2D eigenvalue weighted by Gasteiger charge is -2.42.